The van der Waals surface area contributed by atoms with Gasteiger partial charge < -0.3 is 10.1 Å². The highest BCUT2D eigenvalue weighted by Crippen LogP contribution is 2.39. The van der Waals surface area contributed by atoms with Crippen molar-refractivity contribution in [2.45, 2.75) is 32.8 Å². The second kappa shape index (κ2) is 7.00. The Bertz CT molecular complexity index is 864. The number of amides is 2. The summed E-state index contributed by atoms with van der Waals surface area (Å²) in [7, 11) is 0. The molecule has 0 radical (unpaired) electrons. The molecule has 0 aromatic heterocycles. The number of hydrogen-bond acceptors (Lipinski definition) is 3. The minimum Gasteiger partial charge on any atom is -0.476 e. The van der Waals surface area contributed by atoms with Gasteiger partial charge in [-0.25, -0.2) is 0 Å². The van der Waals surface area contributed by atoms with Gasteiger partial charge in [0.15, 0.2) is 5.60 Å². The third-order valence-electron chi connectivity index (χ3n) is 4.31. The highest BCUT2D eigenvalue weighted by molar-refractivity contribution is 6.31. The molecule has 0 unspecified atom stereocenters. The van der Waals surface area contributed by atoms with Gasteiger partial charge >= 0.3 is 0 Å². The van der Waals surface area contributed by atoms with Gasteiger partial charge in [-0.05, 0) is 50.1 Å². The number of benzene rings is 2. The van der Waals surface area contributed by atoms with Crippen LogP contribution in [-0.2, 0) is 16.0 Å². The Labute approximate surface area is 157 Å². The molecular formula is C20H21ClN2O3. The number of hydrogen-bond donors (Lipinski definition) is 1. The third kappa shape index (κ3) is 3.53. The van der Waals surface area contributed by atoms with Crippen molar-refractivity contribution in [2.24, 2.45) is 0 Å². The lowest BCUT2D eigenvalue weighted by Crippen LogP contribution is -2.54. The van der Waals surface area contributed by atoms with Crippen molar-refractivity contribution in [2.75, 3.05) is 16.8 Å². The first-order valence-electron chi connectivity index (χ1n) is 8.50. The minimum absolute atomic E-state index is 0.114. The zero-order valence-electron chi connectivity index (χ0n) is 15.0. The number of anilines is 2. The Morgan fingerprint density at radius 3 is 2.69 bits per heavy atom. The van der Waals surface area contributed by atoms with Gasteiger partial charge in [0.05, 0.1) is 5.69 Å². The normalized spacial score (nSPS) is 15.2. The molecule has 0 fully saturated rings. The van der Waals surface area contributed by atoms with Crippen LogP contribution in [0, 0.1) is 0 Å². The molecule has 26 heavy (non-hydrogen) atoms. The molecule has 0 saturated carbocycles. The first-order valence-corrected chi connectivity index (χ1v) is 8.88. The van der Waals surface area contributed by atoms with Gasteiger partial charge in [-0.1, -0.05) is 36.7 Å². The lowest BCUT2D eigenvalue weighted by molar-refractivity contribution is -0.133. The summed E-state index contributed by atoms with van der Waals surface area (Å²) in [5.74, 6) is -0.0326. The molecule has 2 aromatic rings. The molecule has 0 spiro atoms. The van der Waals surface area contributed by atoms with Crippen LogP contribution in [0.1, 0.15) is 26.3 Å². The fourth-order valence-corrected chi connectivity index (χ4v) is 3.15. The number of carbonyl (C=O) groups is 2. The van der Waals surface area contributed by atoms with E-state index in [4.69, 9.17) is 16.3 Å². The maximum Gasteiger partial charge on any atom is 0.271 e. The molecule has 2 amide bonds. The SMILES string of the molecule is CCc1ccccc1NC(=O)CN1C(=O)C(C)(C)Oc2ccc(Cl)cc21. The predicted molar refractivity (Wildman–Crippen MR) is 103 cm³/mol. The van der Waals surface area contributed by atoms with Crippen LogP contribution in [0.15, 0.2) is 42.5 Å². The molecule has 0 saturated heterocycles. The molecular weight excluding hydrogens is 352 g/mol. The molecule has 0 atom stereocenters. The van der Waals surface area contributed by atoms with E-state index in [1.807, 2.05) is 31.2 Å². The number of aryl methyl sites for hydroxylation is 1. The van der Waals surface area contributed by atoms with E-state index in [-0.39, 0.29) is 18.4 Å². The Balaban J connectivity index is 1.87. The molecule has 5 nitrogen and oxygen atoms in total. The molecule has 1 aliphatic heterocycles. The highest BCUT2D eigenvalue weighted by Gasteiger charge is 2.41. The van der Waals surface area contributed by atoms with E-state index in [0.29, 0.717) is 16.5 Å². The van der Waals surface area contributed by atoms with Crippen LogP contribution < -0.4 is 15.0 Å². The molecule has 3 rings (SSSR count). The van der Waals surface area contributed by atoms with Crippen molar-refractivity contribution in [1.29, 1.82) is 0 Å². The van der Waals surface area contributed by atoms with Gasteiger partial charge in [0.2, 0.25) is 5.91 Å². The number of halogens is 1. The Morgan fingerprint density at radius 2 is 1.96 bits per heavy atom. The van der Waals surface area contributed by atoms with Crippen molar-refractivity contribution in [3.8, 4) is 5.75 Å². The van der Waals surface area contributed by atoms with Crippen molar-refractivity contribution in [3.05, 3.63) is 53.1 Å². The van der Waals surface area contributed by atoms with E-state index < -0.39 is 5.60 Å². The minimum atomic E-state index is -1.05. The number of nitrogens with zero attached hydrogens (tertiary/aromatic N) is 1. The van der Waals surface area contributed by atoms with Crippen LogP contribution in [0.25, 0.3) is 0 Å². The predicted octanol–water partition coefficient (Wildman–Crippen LogP) is 4.05. The lowest BCUT2D eigenvalue weighted by Gasteiger charge is -2.38. The average molecular weight is 373 g/mol. The van der Waals surface area contributed by atoms with E-state index in [2.05, 4.69) is 5.32 Å². The molecule has 1 N–H and O–H groups in total. The number of fused-ring (bicyclic) bond motifs is 1. The number of carbonyl (C=O) groups excluding carboxylic acids is 2. The largest absolute Gasteiger partial charge is 0.476 e. The molecule has 6 heteroatoms. The first-order chi connectivity index (χ1) is 12.3. The summed E-state index contributed by atoms with van der Waals surface area (Å²) in [5.41, 5.74) is 1.24. The van der Waals surface area contributed by atoms with Crippen LogP contribution in [0.2, 0.25) is 5.02 Å². The molecule has 1 aliphatic rings. The van der Waals surface area contributed by atoms with E-state index in [0.717, 1.165) is 17.7 Å². The van der Waals surface area contributed by atoms with Gasteiger partial charge in [0, 0.05) is 10.7 Å². The van der Waals surface area contributed by atoms with Crippen molar-refractivity contribution >= 4 is 34.8 Å². The lowest BCUT2D eigenvalue weighted by atomic mass is 10.0. The second-order valence-electron chi connectivity index (χ2n) is 6.67. The van der Waals surface area contributed by atoms with E-state index in [9.17, 15) is 9.59 Å². The van der Waals surface area contributed by atoms with Gasteiger partial charge in [-0.2, -0.15) is 0 Å². The summed E-state index contributed by atoms with van der Waals surface area (Å²) >= 11 is 6.07. The number of ether oxygens (including phenoxy) is 1. The molecule has 0 bridgehead atoms. The van der Waals surface area contributed by atoms with E-state index in [1.165, 1.54) is 4.90 Å². The van der Waals surface area contributed by atoms with Gasteiger partial charge in [0.1, 0.15) is 12.3 Å². The Morgan fingerprint density at radius 1 is 1.23 bits per heavy atom. The first kappa shape index (κ1) is 18.3. The van der Waals surface area contributed by atoms with E-state index >= 15 is 0 Å². The average Bonchev–Trinajstić information content (AvgIpc) is 2.60. The summed E-state index contributed by atoms with van der Waals surface area (Å²) in [4.78, 5) is 26.9. The molecule has 0 aliphatic carbocycles. The summed E-state index contributed by atoms with van der Waals surface area (Å²) in [6.45, 7) is 5.28. The van der Waals surface area contributed by atoms with Crippen LogP contribution in [0.3, 0.4) is 0 Å². The maximum atomic E-state index is 12.8. The highest BCUT2D eigenvalue weighted by atomic mass is 35.5. The van der Waals surface area contributed by atoms with E-state index in [1.54, 1.807) is 32.0 Å². The van der Waals surface area contributed by atoms with Gasteiger partial charge in [-0.15, -0.1) is 0 Å². The summed E-state index contributed by atoms with van der Waals surface area (Å²) in [5, 5.41) is 3.37. The molecule has 1 heterocycles. The Hall–Kier alpha value is -2.53. The monoisotopic (exact) mass is 372 g/mol. The fourth-order valence-electron chi connectivity index (χ4n) is 2.98. The topological polar surface area (TPSA) is 58.6 Å². The van der Waals surface area contributed by atoms with Crippen LogP contribution >= 0.6 is 11.6 Å². The van der Waals surface area contributed by atoms with Crippen LogP contribution in [0.5, 0.6) is 5.75 Å². The number of para-hydroxylation sites is 1. The number of nitrogens with one attached hydrogen (secondary N) is 1. The molecule has 136 valence electrons. The van der Waals surface area contributed by atoms with Crippen LogP contribution in [0.4, 0.5) is 11.4 Å². The summed E-state index contributed by atoms with van der Waals surface area (Å²) in [6, 6.07) is 12.7. The summed E-state index contributed by atoms with van der Waals surface area (Å²) < 4.78 is 5.77. The summed E-state index contributed by atoms with van der Waals surface area (Å²) in [6.07, 6.45) is 0.804. The Kier molecular flexibility index (Phi) is 4.92. The third-order valence-corrected chi connectivity index (χ3v) is 4.55. The quantitative estimate of drug-likeness (QED) is 0.880. The van der Waals surface area contributed by atoms with Crippen molar-refractivity contribution in [3.63, 3.8) is 0 Å². The van der Waals surface area contributed by atoms with Gasteiger partial charge in [0.25, 0.3) is 5.91 Å². The zero-order valence-corrected chi connectivity index (χ0v) is 15.8. The van der Waals surface area contributed by atoms with Gasteiger partial charge in [-0.3, -0.25) is 14.5 Å². The van der Waals surface area contributed by atoms with Crippen molar-refractivity contribution in [1.82, 2.24) is 0 Å². The maximum absolute atomic E-state index is 12.8. The standard InChI is InChI=1S/C20H21ClN2O3/c1-4-13-7-5-6-8-15(13)22-18(24)12-23-16-11-14(21)9-10-17(16)26-20(2,3)19(23)25/h5-11H,4,12H2,1-3H3,(H,22,24). The van der Waals surface area contributed by atoms with Crippen LogP contribution in [-0.4, -0.2) is 24.0 Å². The fraction of sp³-hybridized carbons (Fsp3) is 0.300. The van der Waals surface area contributed by atoms with Crippen molar-refractivity contribution < 1.29 is 14.3 Å². The second-order valence-corrected chi connectivity index (χ2v) is 7.11. The zero-order chi connectivity index (χ0) is 18.9. The molecule has 2 aromatic carbocycles. The smallest absolute Gasteiger partial charge is 0.271 e. The number of rotatable bonds is 4.